The van der Waals surface area contributed by atoms with Gasteiger partial charge >= 0.3 is 0 Å². The summed E-state index contributed by atoms with van der Waals surface area (Å²) in [6.07, 6.45) is 2.41. The highest BCUT2D eigenvalue weighted by Gasteiger charge is 2.28. The first kappa shape index (κ1) is 10.0. The van der Waals surface area contributed by atoms with Gasteiger partial charge in [0.05, 0.1) is 0 Å². The Hall–Kier alpha value is -0.0800. The van der Waals surface area contributed by atoms with Crippen molar-refractivity contribution < 1.29 is 0 Å². The van der Waals surface area contributed by atoms with Crippen LogP contribution in [0.5, 0.6) is 0 Å². The first-order valence-electron chi connectivity index (χ1n) is 4.91. The zero-order chi connectivity index (χ0) is 9.24. The highest BCUT2D eigenvalue weighted by atomic mass is 15.1. The van der Waals surface area contributed by atoms with E-state index in [9.17, 15) is 0 Å². The van der Waals surface area contributed by atoms with E-state index < -0.39 is 0 Å². The van der Waals surface area contributed by atoms with Gasteiger partial charge in [-0.05, 0) is 53.6 Å². The normalized spacial score (nSPS) is 29.0. The summed E-state index contributed by atoms with van der Waals surface area (Å²) in [7, 11) is 0. The summed E-state index contributed by atoms with van der Waals surface area (Å²) in [5, 5.41) is 7.15. The Balaban J connectivity index is 2.58. The first-order valence-corrected chi connectivity index (χ1v) is 4.91. The highest BCUT2D eigenvalue weighted by Crippen LogP contribution is 2.18. The second-order valence-electron chi connectivity index (χ2n) is 5.14. The van der Waals surface area contributed by atoms with Gasteiger partial charge in [0.1, 0.15) is 0 Å². The van der Waals surface area contributed by atoms with E-state index in [1.54, 1.807) is 0 Å². The van der Waals surface area contributed by atoms with Gasteiger partial charge in [-0.2, -0.15) is 0 Å². The van der Waals surface area contributed by atoms with Crippen LogP contribution < -0.4 is 10.6 Å². The van der Waals surface area contributed by atoms with Crippen molar-refractivity contribution >= 4 is 0 Å². The lowest BCUT2D eigenvalue weighted by Gasteiger charge is -2.39. The van der Waals surface area contributed by atoms with Gasteiger partial charge in [-0.25, -0.2) is 0 Å². The fourth-order valence-electron chi connectivity index (χ4n) is 1.97. The Bertz CT molecular complexity index is 134. The SMILES string of the molecule is CC1(C)CCNCCC(C)(C)N1. The summed E-state index contributed by atoms with van der Waals surface area (Å²) in [5.41, 5.74) is 0.549. The lowest BCUT2D eigenvalue weighted by Crippen LogP contribution is -2.55. The molecule has 0 aliphatic carbocycles. The van der Waals surface area contributed by atoms with E-state index in [1.165, 1.54) is 12.8 Å². The Morgan fingerprint density at radius 3 is 1.67 bits per heavy atom. The van der Waals surface area contributed by atoms with Crippen molar-refractivity contribution in [3.63, 3.8) is 0 Å². The monoisotopic (exact) mass is 170 g/mol. The summed E-state index contributed by atoms with van der Waals surface area (Å²) in [4.78, 5) is 0. The molecule has 0 bridgehead atoms. The fraction of sp³-hybridized carbons (Fsp3) is 1.00. The van der Waals surface area contributed by atoms with Gasteiger partial charge in [-0.15, -0.1) is 0 Å². The Kier molecular flexibility index (Phi) is 2.79. The minimum absolute atomic E-state index is 0.275. The van der Waals surface area contributed by atoms with Crippen LogP contribution in [0.25, 0.3) is 0 Å². The molecule has 0 aromatic carbocycles. The van der Waals surface area contributed by atoms with Crippen molar-refractivity contribution in [3.8, 4) is 0 Å². The Morgan fingerprint density at radius 2 is 1.25 bits per heavy atom. The van der Waals surface area contributed by atoms with Crippen LogP contribution >= 0.6 is 0 Å². The zero-order valence-corrected chi connectivity index (χ0v) is 8.83. The van der Waals surface area contributed by atoms with Gasteiger partial charge in [-0.1, -0.05) is 0 Å². The molecule has 0 unspecified atom stereocenters. The van der Waals surface area contributed by atoms with Crippen molar-refractivity contribution in [1.82, 2.24) is 10.6 Å². The summed E-state index contributed by atoms with van der Waals surface area (Å²) in [6, 6.07) is 0. The molecule has 2 nitrogen and oxygen atoms in total. The molecule has 0 saturated carbocycles. The van der Waals surface area contributed by atoms with Crippen LogP contribution in [0, 0.1) is 0 Å². The van der Waals surface area contributed by atoms with E-state index in [4.69, 9.17) is 0 Å². The smallest absolute Gasteiger partial charge is 0.0142 e. The fourth-order valence-corrected chi connectivity index (χ4v) is 1.97. The lowest BCUT2D eigenvalue weighted by molar-refractivity contribution is 0.219. The molecule has 0 atom stereocenters. The standard InChI is InChI=1S/C10H22N2/c1-9(2)5-7-11-8-6-10(3,4)12-9/h11-12H,5-8H2,1-4H3. The molecule has 1 heterocycles. The highest BCUT2D eigenvalue weighted by molar-refractivity contribution is 4.90. The molecule has 12 heavy (non-hydrogen) atoms. The van der Waals surface area contributed by atoms with Gasteiger partial charge in [0.25, 0.3) is 0 Å². The molecule has 2 heteroatoms. The third-order valence-corrected chi connectivity index (χ3v) is 2.53. The van der Waals surface area contributed by atoms with Crippen molar-refractivity contribution in [1.29, 1.82) is 0 Å². The molecule has 0 aromatic heterocycles. The van der Waals surface area contributed by atoms with Crippen molar-refractivity contribution in [2.45, 2.75) is 51.6 Å². The van der Waals surface area contributed by atoms with Gasteiger partial charge < -0.3 is 10.6 Å². The average molecular weight is 170 g/mol. The van der Waals surface area contributed by atoms with Crippen LogP contribution in [0.2, 0.25) is 0 Å². The van der Waals surface area contributed by atoms with E-state index >= 15 is 0 Å². The summed E-state index contributed by atoms with van der Waals surface area (Å²) >= 11 is 0. The molecule has 0 spiro atoms. The molecule has 1 saturated heterocycles. The van der Waals surface area contributed by atoms with E-state index in [0.29, 0.717) is 0 Å². The molecular weight excluding hydrogens is 148 g/mol. The molecule has 1 fully saturated rings. The van der Waals surface area contributed by atoms with Crippen LogP contribution in [0.15, 0.2) is 0 Å². The third-order valence-electron chi connectivity index (χ3n) is 2.53. The topological polar surface area (TPSA) is 24.1 Å². The van der Waals surface area contributed by atoms with Crippen molar-refractivity contribution in [2.24, 2.45) is 0 Å². The summed E-state index contributed by atoms with van der Waals surface area (Å²) in [5.74, 6) is 0. The molecule has 72 valence electrons. The summed E-state index contributed by atoms with van der Waals surface area (Å²) in [6.45, 7) is 11.4. The number of nitrogens with one attached hydrogen (secondary N) is 2. The predicted molar refractivity (Wildman–Crippen MR) is 53.4 cm³/mol. The minimum Gasteiger partial charge on any atom is -0.317 e. The van der Waals surface area contributed by atoms with Gasteiger partial charge in [0.2, 0.25) is 0 Å². The Labute approximate surface area is 76.1 Å². The molecule has 2 N–H and O–H groups in total. The van der Waals surface area contributed by atoms with Crippen LogP contribution in [0.3, 0.4) is 0 Å². The van der Waals surface area contributed by atoms with E-state index in [0.717, 1.165) is 13.1 Å². The molecule has 0 amide bonds. The number of hydrogen-bond donors (Lipinski definition) is 2. The minimum atomic E-state index is 0.275. The maximum Gasteiger partial charge on any atom is 0.0142 e. The second-order valence-corrected chi connectivity index (χ2v) is 5.14. The predicted octanol–water partition coefficient (Wildman–Crippen LogP) is 1.52. The van der Waals surface area contributed by atoms with Crippen molar-refractivity contribution in [3.05, 3.63) is 0 Å². The molecule has 1 aliphatic heterocycles. The van der Waals surface area contributed by atoms with Gasteiger partial charge in [-0.3, -0.25) is 0 Å². The first-order chi connectivity index (χ1) is 5.41. The molecule has 0 aromatic rings. The largest absolute Gasteiger partial charge is 0.317 e. The van der Waals surface area contributed by atoms with Crippen molar-refractivity contribution in [2.75, 3.05) is 13.1 Å². The molecule has 1 rings (SSSR count). The maximum atomic E-state index is 3.69. The quantitative estimate of drug-likeness (QED) is 0.576. The van der Waals surface area contributed by atoms with Crippen LogP contribution in [0.1, 0.15) is 40.5 Å². The van der Waals surface area contributed by atoms with Crippen LogP contribution in [-0.4, -0.2) is 24.2 Å². The number of hydrogen-bond acceptors (Lipinski definition) is 2. The molecule has 1 aliphatic rings. The van der Waals surface area contributed by atoms with Crippen LogP contribution in [0.4, 0.5) is 0 Å². The van der Waals surface area contributed by atoms with Gasteiger partial charge in [0, 0.05) is 11.1 Å². The third kappa shape index (κ3) is 3.11. The van der Waals surface area contributed by atoms with E-state index in [2.05, 4.69) is 38.3 Å². The molecular formula is C10H22N2. The Morgan fingerprint density at radius 1 is 0.833 bits per heavy atom. The zero-order valence-electron chi connectivity index (χ0n) is 8.83. The summed E-state index contributed by atoms with van der Waals surface area (Å²) < 4.78 is 0. The second kappa shape index (κ2) is 3.35. The van der Waals surface area contributed by atoms with E-state index in [-0.39, 0.29) is 11.1 Å². The van der Waals surface area contributed by atoms with Gasteiger partial charge in [0.15, 0.2) is 0 Å². The average Bonchev–Trinajstić information content (AvgIpc) is 1.80. The van der Waals surface area contributed by atoms with E-state index in [1.807, 2.05) is 0 Å². The molecule has 0 radical (unpaired) electrons. The van der Waals surface area contributed by atoms with Crippen LogP contribution in [-0.2, 0) is 0 Å². The number of rotatable bonds is 0. The lowest BCUT2D eigenvalue weighted by atomic mass is 9.91. The maximum absolute atomic E-state index is 3.69.